The first-order valence-electron chi connectivity index (χ1n) is 10.7. The zero-order valence-electron chi connectivity index (χ0n) is 16.6. The molecule has 4 nitrogen and oxygen atoms in total. The molecule has 1 amide bonds. The molecule has 5 heteroatoms. The Morgan fingerprint density at radius 3 is 3.00 bits per heavy atom. The third-order valence-electron chi connectivity index (χ3n) is 7.31. The summed E-state index contributed by atoms with van der Waals surface area (Å²) in [5, 5.41) is 3.56. The van der Waals surface area contributed by atoms with E-state index in [2.05, 4.69) is 52.5 Å². The number of thiazole rings is 1. The highest BCUT2D eigenvalue weighted by Crippen LogP contribution is 2.47. The van der Waals surface area contributed by atoms with Crippen LogP contribution in [0.25, 0.3) is 0 Å². The minimum absolute atomic E-state index is 0.0260. The van der Waals surface area contributed by atoms with Gasteiger partial charge in [0.15, 0.2) is 0 Å². The summed E-state index contributed by atoms with van der Waals surface area (Å²) in [6.45, 7) is 4.84. The van der Waals surface area contributed by atoms with Gasteiger partial charge in [-0.2, -0.15) is 0 Å². The molecule has 4 atom stereocenters. The molecule has 2 saturated heterocycles. The van der Waals surface area contributed by atoms with E-state index in [1.165, 1.54) is 16.1 Å². The van der Waals surface area contributed by atoms with E-state index in [-0.39, 0.29) is 11.3 Å². The van der Waals surface area contributed by atoms with Crippen LogP contribution in [0.5, 0.6) is 0 Å². The summed E-state index contributed by atoms with van der Waals surface area (Å²) in [5.41, 5.74) is 4.61. The lowest BCUT2D eigenvalue weighted by Crippen LogP contribution is -2.52. The van der Waals surface area contributed by atoms with Crippen molar-refractivity contribution in [3.63, 3.8) is 0 Å². The predicted molar refractivity (Wildman–Crippen MR) is 113 cm³/mol. The number of aromatic nitrogens is 1. The lowest BCUT2D eigenvalue weighted by molar-refractivity contribution is -0.140. The van der Waals surface area contributed by atoms with Crippen molar-refractivity contribution in [3.05, 3.63) is 52.0 Å². The van der Waals surface area contributed by atoms with Gasteiger partial charge in [0, 0.05) is 36.0 Å². The van der Waals surface area contributed by atoms with Crippen molar-refractivity contribution in [2.45, 2.75) is 56.4 Å². The lowest BCUT2D eigenvalue weighted by Gasteiger charge is -2.43. The van der Waals surface area contributed by atoms with Gasteiger partial charge in [0.25, 0.3) is 0 Å². The number of rotatable bonds is 2. The van der Waals surface area contributed by atoms with Gasteiger partial charge in [0.2, 0.25) is 5.91 Å². The van der Waals surface area contributed by atoms with Crippen LogP contribution in [0.4, 0.5) is 0 Å². The highest BCUT2D eigenvalue weighted by molar-refractivity contribution is 7.10. The van der Waals surface area contributed by atoms with Crippen LogP contribution >= 0.6 is 11.3 Å². The molecule has 4 unspecified atom stereocenters. The molecule has 0 bridgehead atoms. The molecule has 0 radical (unpaired) electrons. The fourth-order valence-corrected chi connectivity index (χ4v) is 6.97. The minimum Gasteiger partial charge on any atom is -0.340 e. The number of hydrogen-bond donors (Lipinski definition) is 1. The third-order valence-corrected chi connectivity index (χ3v) is 8.40. The van der Waals surface area contributed by atoms with Gasteiger partial charge in [-0.25, -0.2) is 4.98 Å². The van der Waals surface area contributed by atoms with Crippen LogP contribution in [0.1, 0.15) is 54.7 Å². The average Bonchev–Trinajstić information content (AvgIpc) is 3.37. The first-order chi connectivity index (χ1) is 13.7. The van der Waals surface area contributed by atoms with Crippen molar-refractivity contribution in [2.24, 2.45) is 5.92 Å². The molecule has 5 rings (SSSR count). The van der Waals surface area contributed by atoms with Crippen molar-refractivity contribution >= 4 is 17.2 Å². The van der Waals surface area contributed by atoms with Gasteiger partial charge in [-0.1, -0.05) is 30.3 Å². The van der Waals surface area contributed by atoms with Crippen molar-refractivity contribution in [1.82, 2.24) is 15.2 Å². The Morgan fingerprint density at radius 1 is 1.32 bits per heavy atom. The van der Waals surface area contributed by atoms with Crippen LogP contribution in [0.15, 0.2) is 35.8 Å². The Labute approximate surface area is 171 Å². The maximum absolute atomic E-state index is 13.7. The van der Waals surface area contributed by atoms with E-state index in [0.29, 0.717) is 17.9 Å². The molecule has 3 aliphatic rings. The normalized spacial score (nSPS) is 32.5. The fourth-order valence-electron chi connectivity index (χ4n) is 5.85. The summed E-state index contributed by atoms with van der Waals surface area (Å²) in [4.78, 5) is 21.9. The van der Waals surface area contributed by atoms with Gasteiger partial charge in [-0.05, 0) is 50.5 Å². The molecule has 1 aromatic heterocycles. The minimum atomic E-state index is -0.0260. The van der Waals surface area contributed by atoms with Crippen LogP contribution in [0.3, 0.4) is 0 Å². The number of hydrogen-bond acceptors (Lipinski definition) is 4. The van der Waals surface area contributed by atoms with Crippen LogP contribution < -0.4 is 5.32 Å². The van der Waals surface area contributed by atoms with E-state index >= 15 is 0 Å². The molecule has 1 aromatic carbocycles. The van der Waals surface area contributed by atoms with Gasteiger partial charge in [0.05, 0.1) is 17.1 Å². The zero-order valence-corrected chi connectivity index (χ0v) is 17.4. The number of fused-ring (bicyclic) bond motifs is 2. The van der Waals surface area contributed by atoms with Crippen LogP contribution in [-0.2, 0) is 16.6 Å². The Balaban J connectivity index is 1.36. The molecule has 2 aliphatic heterocycles. The quantitative estimate of drug-likeness (QED) is 0.843. The summed E-state index contributed by atoms with van der Waals surface area (Å²) >= 11 is 1.77. The van der Waals surface area contributed by atoms with Crippen molar-refractivity contribution < 1.29 is 4.79 Å². The number of nitrogens with one attached hydrogen (secondary N) is 1. The summed E-state index contributed by atoms with van der Waals surface area (Å²) in [6.07, 6.45) is 5.46. The highest BCUT2D eigenvalue weighted by atomic mass is 32.1. The third kappa shape index (κ3) is 2.91. The SMILES string of the molecule is CC1CC(c2ccccc2)CCN1C(=O)C1CNCC12CCCc1ncsc12. The smallest absolute Gasteiger partial charge is 0.228 e. The molecule has 3 heterocycles. The first-order valence-corrected chi connectivity index (χ1v) is 11.6. The maximum atomic E-state index is 13.7. The number of benzene rings is 1. The molecular formula is C23H29N3OS. The second-order valence-corrected chi connectivity index (χ2v) is 9.69. The van der Waals surface area contributed by atoms with Gasteiger partial charge < -0.3 is 10.2 Å². The van der Waals surface area contributed by atoms with E-state index < -0.39 is 0 Å². The molecule has 28 heavy (non-hydrogen) atoms. The standard InChI is InChI=1S/C23H29N3OS/c1-16-12-18(17-6-3-2-4-7-17)9-11-26(16)22(27)19-13-24-14-23(19)10-5-8-20-21(23)28-15-25-20/h2-4,6-7,15-16,18-19,24H,5,8-14H2,1H3. The summed E-state index contributed by atoms with van der Waals surface area (Å²) in [7, 11) is 0. The van der Waals surface area contributed by atoms with Crippen molar-refractivity contribution in [2.75, 3.05) is 19.6 Å². The van der Waals surface area contributed by atoms with Gasteiger partial charge in [-0.15, -0.1) is 11.3 Å². The number of aryl methyl sites for hydroxylation is 1. The summed E-state index contributed by atoms with van der Waals surface area (Å²) in [6, 6.07) is 11.1. The fraction of sp³-hybridized carbons (Fsp3) is 0.565. The second-order valence-electron chi connectivity index (χ2n) is 8.83. The van der Waals surface area contributed by atoms with Crippen molar-refractivity contribution in [3.8, 4) is 0 Å². The maximum Gasteiger partial charge on any atom is 0.228 e. The van der Waals surface area contributed by atoms with E-state index in [1.807, 2.05) is 5.51 Å². The van der Waals surface area contributed by atoms with Crippen LogP contribution in [0.2, 0.25) is 0 Å². The lowest BCUT2D eigenvalue weighted by atomic mass is 9.68. The average molecular weight is 396 g/mol. The van der Waals surface area contributed by atoms with Gasteiger partial charge >= 0.3 is 0 Å². The van der Waals surface area contributed by atoms with E-state index in [4.69, 9.17) is 0 Å². The Hall–Kier alpha value is -1.72. The van der Waals surface area contributed by atoms with Gasteiger partial charge in [0.1, 0.15) is 0 Å². The molecule has 0 saturated carbocycles. The molecule has 148 valence electrons. The Bertz CT molecular complexity index is 851. The summed E-state index contributed by atoms with van der Waals surface area (Å²) in [5.74, 6) is 0.992. The number of likely N-dealkylation sites (tertiary alicyclic amines) is 1. The number of amides is 1. The number of piperidine rings is 1. The van der Waals surface area contributed by atoms with Crippen LogP contribution in [0, 0.1) is 5.92 Å². The first kappa shape index (κ1) is 18.3. The van der Waals surface area contributed by atoms with E-state index in [0.717, 1.165) is 51.7 Å². The zero-order chi connectivity index (χ0) is 19.1. The Morgan fingerprint density at radius 2 is 2.18 bits per heavy atom. The topological polar surface area (TPSA) is 45.2 Å². The molecular weight excluding hydrogens is 366 g/mol. The number of carbonyl (C=O) groups excluding carboxylic acids is 1. The molecule has 1 aliphatic carbocycles. The second kappa shape index (κ2) is 7.27. The Kier molecular flexibility index (Phi) is 4.76. The predicted octanol–water partition coefficient (Wildman–Crippen LogP) is 3.73. The van der Waals surface area contributed by atoms with Gasteiger partial charge in [-0.3, -0.25) is 4.79 Å². The monoisotopic (exact) mass is 395 g/mol. The molecule has 1 N–H and O–H groups in total. The molecule has 1 spiro atoms. The van der Waals surface area contributed by atoms with Crippen molar-refractivity contribution in [1.29, 1.82) is 0 Å². The summed E-state index contributed by atoms with van der Waals surface area (Å²) < 4.78 is 0. The van der Waals surface area contributed by atoms with E-state index in [9.17, 15) is 4.79 Å². The number of nitrogens with zero attached hydrogens (tertiary/aromatic N) is 2. The molecule has 2 fully saturated rings. The largest absolute Gasteiger partial charge is 0.340 e. The highest BCUT2D eigenvalue weighted by Gasteiger charge is 2.52. The van der Waals surface area contributed by atoms with Crippen LogP contribution in [-0.4, -0.2) is 41.5 Å². The molecule has 2 aromatic rings. The van der Waals surface area contributed by atoms with E-state index in [1.54, 1.807) is 11.3 Å². The number of carbonyl (C=O) groups is 1.